The monoisotopic (exact) mass is 200 g/mol. The van der Waals surface area contributed by atoms with Gasteiger partial charge in [-0.2, -0.15) is 5.10 Å². The fourth-order valence-corrected chi connectivity index (χ4v) is 1.49. The molecule has 0 atom stereocenters. The number of rotatable bonds is 2. The first-order chi connectivity index (χ1) is 7.20. The topological polar surface area (TPSA) is 34.9 Å². The number of hydrogen-bond donors (Lipinski definition) is 0. The van der Waals surface area contributed by atoms with Crippen LogP contribution in [0.4, 0.5) is 0 Å². The van der Waals surface area contributed by atoms with E-state index in [2.05, 4.69) is 5.10 Å². The van der Waals surface area contributed by atoms with Gasteiger partial charge in [0.1, 0.15) is 6.29 Å². The van der Waals surface area contributed by atoms with E-state index in [-0.39, 0.29) is 0 Å². The molecular weight excluding hydrogens is 188 g/mol. The summed E-state index contributed by atoms with van der Waals surface area (Å²) in [5.41, 5.74) is 3.83. The number of aromatic nitrogens is 2. The Morgan fingerprint density at radius 1 is 1.33 bits per heavy atom. The first-order valence-electron chi connectivity index (χ1n) is 4.78. The molecule has 0 saturated carbocycles. The Balaban J connectivity index is 2.55. The average molecular weight is 200 g/mol. The fraction of sp³-hybridized carbons (Fsp3) is 0.167. The maximum Gasteiger partial charge on any atom is 0.150 e. The van der Waals surface area contributed by atoms with Crippen molar-refractivity contribution in [1.82, 2.24) is 9.78 Å². The lowest BCUT2D eigenvalue weighted by molar-refractivity contribution is 0.112. The third-order valence-corrected chi connectivity index (χ3v) is 2.33. The highest BCUT2D eigenvalue weighted by Crippen LogP contribution is 2.15. The minimum Gasteiger partial charge on any atom is -0.298 e. The SMILES string of the molecule is Cc1cnn(-c2cc(C=O)ccc2C)c1. The Morgan fingerprint density at radius 2 is 2.13 bits per heavy atom. The van der Waals surface area contributed by atoms with Gasteiger partial charge in [-0.25, -0.2) is 4.68 Å². The van der Waals surface area contributed by atoms with Crippen LogP contribution in [0.5, 0.6) is 0 Å². The highest BCUT2D eigenvalue weighted by Gasteiger charge is 2.03. The van der Waals surface area contributed by atoms with Crippen molar-refractivity contribution in [2.24, 2.45) is 0 Å². The number of aryl methyl sites for hydroxylation is 2. The molecule has 0 aliphatic heterocycles. The predicted octanol–water partition coefficient (Wildman–Crippen LogP) is 2.30. The largest absolute Gasteiger partial charge is 0.298 e. The molecule has 0 bridgehead atoms. The van der Waals surface area contributed by atoms with E-state index in [0.29, 0.717) is 5.56 Å². The summed E-state index contributed by atoms with van der Waals surface area (Å²) >= 11 is 0. The maximum atomic E-state index is 10.7. The number of benzene rings is 1. The lowest BCUT2D eigenvalue weighted by Crippen LogP contribution is -1.98. The van der Waals surface area contributed by atoms with Gasteiger partial charge in [0.2, 0.25) is 0 Å². The zero-order valence-electron chi connectivity index (χ0n) is 8.77. The molecule has 1 heterocycles. The second-order valence-corrected chi connectivity index (χ2v) is 3.63. The van der Waals surface area contributed by atoms with Gasteiger partial charge in [-0.3, -0.25) is 4.79 Å². The number of nitrogens with zero attached hydrogens (tertiary/aromatic N) is 2. The minimum absolute atomic E-state index is 0.670. The third-order valence-electron chi connectivity index (χ3n) is 2.33. The van der Waals surface area contributed by atoms with Crippen molar-refractivity contribution in [3.63, 3.8) is 0 Å². The van der Waals surface area contributed by atoms with Gasteiger partial charge < -0.3 is 0 Å². The number of hydrogen-bond acceptors (Lipinski definition) is 2. The van der Waals surface area contributed by atoms with Gasteiger partial charge >= 0.3 is 0 Å². The van der Waals surface area contributed by atoms with Crippen LogP contribution in [0, 0.1) is 13.8 Å². The zero-order chi connectivity index (χ0) is 10.8. The second kappa shape index (κ2) is 3.69. The molecule has 2 aromatic rings. The van der Waals surface area contributed by atoms with Crippen molar-refractivity contribution in [3.05, 3.63) is 47.3 Å². The molecule has 0 unspecified atom stereocenters. The summed E-state index contributed by atoms with van der Waals surface area (Å²) in [6.45, 7) is 3.99. The van der Waals surface area contributed by atoms with Crippen LogP contribution in [0.25, 0.3) is 5.69 Å². The third kappa shape index (κ3) is 1.81. The van der Waals surface area contributed by atoms with Crippen LogP contribution >= 0.6 is 0 Å². The molecule has 3 nitrogen and oxygen atoms in total. The van der Waals surface area contributed by atoms with Crippen LogP contribution in [0.1, 0.15) is 21.5 Å². The zero-order valence-corrected chi connectivity index (χ0v) is 8.77. The van der Waals surface area contributed by atoms with Crippen molar-refractivity contribution in [2.45, 2.75) is 13.8 Å². The van der Waals surface area contributed by atoms with Crippen molar-refractivity contribution in [3.8, 4) is 5.69 Å². The molecule has 0 amide bonds. The Morgan fingerprint density at radius 3 is 2.73 bits per heavy atom. The second-order valence-electron chi connectivity index (χ2n) is 3.63. The summed E-state index contributed by atoms with van der Waals surface area (Å²) < 4.78 is 1.79. The highest BCUT2D eigenvalue weighted by atomic mass is 16.1. The highest BCUT2D eigenvalue weighted by molar-refractivity contribution is 5.76. The molecule has 0 aliphatic carbocycles. The first kappa shape index (κ1) is 9.65. The normalized spacial score (nSPS) is 10.3. The van der Waals surface area contributed by atoms with E-state index < -0.39 is 0 Å². The molecule has 0 spiro atoms. The molecule has 76 valence electrons. The Labute approximate surface area is 88.4 Å². The molecule has 0 fully saturated rings. The summed E-state index contributed by atoms with van der Waals surface area (Å²) in [5.74, 6) is 0. The molecule has 0 aliphatic rings. The lowest BCUT2D eigenvalue weighted by Gasteiger charge is -2.05. The average Bonchev–Trinajstić information content (AvgIpc) is 2.65. The fourth-order valence-electron chi connectivity index (χ4n) is 1.49. The van der Waals surface area contributed by atoms with Crippen LogP contribution < -0.4 is 0 Å². The van der Waals surface area contributed by atoms with E-state index in [9.17, 15) is 4.79 Å². The molecule has 3 heteroatoms. The van der Waals surface area contributed by atoms with Crippen molar-refractivity contribution in [2.75, 3.05) is 0 Å². The van der Waals surface area contributed by atoms with Crippen molar-refractivity contribution < 1.29 is 4.79 Å². The summed E-state index contributed by atoms with van der Waals surface area (Å²) in [6, 6.07) is 5.58. The number of carbonyl (C=O) groups excluding carboxylic acids is 1. The Hall–Kier alpha value is -1.90. The Kier molecular flexibility index (Phi) is 2.37. The summed E-state index contributed by atoms with van der Waals surface area (Å²) in [7, 11) is 0. The lowest BCUT2D eigenvalue weighted by atomic mass is 10.1. The van der Waals surface area contributed by atoms with Crippen LogP contribution in [-0.2, 0) is 0 Å². The van der Waals surface area contributed by atoms with E-state index in [0.717, 1.165) is 23.1 Å². The van der Waals surface area contributed by atoms with Gasteiger partial charge in [0, 0.05) is 11.8 Å². The van der Waals surface area contributed by atoms with E-state index >= 15 is 0 Å². The van der Waals surface area contributed by atoms with E-state index in [4.69, 9.17) is 0 Å². The van der Waals surface area contributed by atoms with Gasteiger partial charge in [0.15, 0.2) is 0 Å². The maximum absolute atomic E-state index is 10.7. The molecule has 2 rings (SSSR count). The smallest absolute Gasteiger partial charge is 0.150 e. The number of carbonyl (C=O) groups is 1. The number of aldehydes is 1. The standard InChI is InChI=1S/C12H12N2O/c1-9-6-13-14(7-9)12-5-11(8-15)4-3-10(12)2/h3-8H,1-2H3. The molecule has 15 heavy (non-hydrogen) atoms. The van der Waals surface area contributed by atoms with Crippen molar-refractivity contribution >= 4 is 6.29 Å². The van der Waals surface area contributed by atoms with Gasteiger partial charge in [0.25, 0.3) is 0 Å². The van der Waals surface area contributed by atoms with Crippen LogP contribution in [0.3, 0.4) is 0 Å². The molecule has 1 aromatic carbocycles. The van der Waals surface area contributed by atoms with Crippen molar-refractivity contribution in [1.29, 1.82) is 0 Å². The predicted molar refractivity (Wildman–Crippen MR) is 58.4 cm³/mol. The molecule has 0 radical (unpaired) electrons. The van der Waals surface area contributed by atoms with Gasteiger partial charge in [-0.1, -0.05) is 12.1 Å². The van der Waals surface area contributed by atoms with Crippen LogP contribution in [0.2, 0.25) is 0 Å². The van der Waals surface area contributed by atoms with Crippen LogP contribution in [-0.4, -0.2) is 16.1 Å². The molecular formula is C12H12N2O. The van der Waals surface area contributed by atoms with E-state index in [1.54, 1.807) is 10.9 Å². The minimum atomic E-state index is 0.670. The van der Waals surface area contributed by atoms with Gasteiger partial charge in [0.05, 0.1) is 11.9 Å². The Bertz CT molecular complexity index is 500. The van der Waals surface area contributed by atoms with E-state index in [1.807, 2.05) is 38.2 Å². The molecule has 1 aromatic heterocycles. The first-order valence-corrected chi connectivity index (χ1v) is 4.78. The molecule has 0 saturated heterocycles. The summed E-state index contributed by atoms with van der Waals surface area (Å²) in [5, 5.41) is 4.22. The van der Waals surface area contributed by atoms with Gasteiger partial charge in [-0.05, 0) is 31.0 Å². The van der Waals surface area contributed by atoms with Crippen LogP contribution in [0.15, 0.2) is 30.6 Å². The molecule has 0 N–H and O–H groups in total. The quantitative estimate of drug-likeness (QED) is 0.697. The van der Waals surface area contributed by atoms with Gasteiger partial charge in [-0.15, -0.1) is 0 Å². The summed E-state index contributed by atoms with van der Waals surface area (Å²) in [4.78, 5) is 10.7. The summed E-state index contributed by atoms with van der Waals surface area (Å²) in [6.07, 6.45) is 4.59. The van der Waals surface area contributed by atoms with E-state index in [1.165, 1.54) is 0 Å².